The van der Waals surface area contributed by atoms with Gasteiger partial charge in [-0.3, -0.25) is 9.59 Å². The summed E-state index contributed by atoms with van der Waals surface area (Å²) in [7, 11) is 0. The van der Waals surface area contributed by atoms with Gasteiger partial charge in [0.2, 0.25) is 5.91 Å². The largest absolute Gasteiger partial charge is 0.481 e. The predicted molar refractivity (Wildman–Crippen MR) is 70.2 cm³/mol. The number of hydrogen-bond acceptors (Lipinski definition) is 2. The van der Waals surface area contributed by atoms with Crippen LogP contribution < -0.4 is 5.32 Å². The van der Waals surface area contributed by atoms with Crippen molar-refractivity contribution in [1.29, 1.82) is 0 Å². The van der Waals surface area contributed by atoms with Crippen molar-refractivity contribution < 1.29 is 14.7 Å². The molecule has 0 heterocycles. The summed E-state index contributed by atoms with van der Waals surface area (Å²) in [6.45, 7) is 3.98. The summed E-state index contributed by atoms with van der Waals surface area (Å²) in [5.41, 5.74) is 0. The van der Waals surface area contributed by atoms with E-state index < -0.39 is 11.9 Å². The van der Waals surface area contributed by atoms with Crippen molar-refractivity contribution in [2.45, 2.75) is 52.4 Å². The van der Waals surface area contributed by atoms with Gasteiger partial charge in [0.25, 0.3) is 0 Å². The Kier molecular flexibility index (Phi) is 6.16. The summed E-state index contributed by atoms with van der Waals surface area (Å²) < 4.78 is 0. The summed E-state index contributed by atoms with van der Waals surface area (Å²) in [5.74, 6) is -0.768. The number of rotatable bonds is 6. The molecule has 1 atom stereocenters. The van der Waals surface area contributed by atoms with Gasteiger partial charge in [-0.2, -0.15) is 0 Å². The van der Waals surface area contributed by atoms with E-state index in [1.807, 2.05) is 13.8 Å². The Morgan fingerprint density at radius 3 is 2.33 bits per heavy atom. The molecule has 0 radical (unpaired) electrons. The molecule has 1 amide bonds. The van der Waals surface area contributed by atoms with Gasteiger partial charge in [0, 0.05) is 13.0 Å². The van der Waals surface area contributed by atoms with Gasteiger partial charge in [0.1, 0.15) is 0 Å². The topological polar surface area (TPSA) is 66.4 Å². The number of carboxylic acids is 1. The number of carbonyl (C=O) groups excluding carboxylic acids is 1. The molecule has 1 saturated carbocycles. The number of carboxylic acid groups (broad SMARTS) is 1. The van der Waals surface area contributed by atoms with Crippen molar-refractivity contribution in [3.8, 4) is 0 Å². The van der Waals surface area contributed by atoms with Gasteiger partial charge in [-0.25, -0.2) is 0 Å². The minimum Gasteiger partial charge on any atom is -0.481 e. The Balaban J connectivity index is 2.28. The molecular formula is C14H25NO3. The molecular weight excluding hydrogens is 230 g/mol. The summed E-state index contributed by atoms with van der Waals surface area (Å²) in [5, 5.41) is 11.8. The van der Waals surface area contributed by atoms with Crippen molar-refractivity contribution in [3.05, 3.63) is 0 Å². The molecule has 104 valence electrons. The zero-order chi connectivity index (χ0) is 13.5. The van der Waals surface area contributed by atoms with Crippen LogP contribution in [0.5, 0.6) is 0 Å². The van der Waals surface area contributed by atoms with Gasteiger partial charge in [-0.15, -0.1) is 0 Å². The van der Waals surface area contributed by atoms with Crippen molar-refractivity contribution in [2.75, 3.05) is 6.54 Å². The summed E-state index contributed by atoms with van der Waals surface area (Å²) in [6, 6.07) is 0. The van der Waals surface area contributed by atoms with E-state index in [0.717, 1.165) is 12.8 Å². The molecule has 0 saturated heterocycles. The number of hydrogen-bond donors (Lipinski definition) is 2. The fourth-order valence-corrected chi connectivity index (χ4v) is 2.56. The lowest BCUT2D eigenvalue weighted by Crippen LogP contribution is -2.36. The third-order valence-electron chi connectivity index (χ3n) is 3.84. The highest BCUT2D eigenvalue weighted by Gasteiger charge is 2.23. The summed E-state index contributed by atoms with van der Waals surface area (Å²) in [6.07, 6.45) is 6.57. The van der Waals surface area contributed by atoms with E-state index in [9.17, 15) is 9.59 Å². The first-order chi connectivity index (χ1) is 8.50. The highest BCUT2D eigenvalue weighted by Crippen LogP contribution is 2.26. The fraction of sp³-hybridized carbons (Fsp3) is 0.857. The van der Waals surface area contributed by atoms with E-state index in [4.69, 9.17) is 5.11 Å². The minimum absolute atomic E-state index is 0.00815. The van der Waals surface area contributed by atoms with Crippen molar-refractivity contribution in [1.82, 2.24) is 5.32 Å². The van der Waals surface area contributed by atoms with Crippen LogP contribution in [0.15, 0.2) is 0 Å². The highest BCUT2D eigenvalue weighted by molar-refractivity contribution is 5.77. The van der Waals surface area contributed by atoms with Crippen LogP contribution >= 0.6 is 0 Å². The van der Waals surface area contributed by atoms with E-state index >= 15 is 0 Å². The summed E-state index contributed by atoms with van der Waals surface area (Å²) >= 11 is 0. The molecule has 0 aromatic rings. The Morgan fingerprint density at radius 1 is 1.22 bits per heavy atom. The Morgan fingerprint density at radius 2 is 1.83 bits per heavy atom. The second-order valence-electron chi connectivity index (χ2n) is 5.70. The average molecular weight is 255 g/mol. The van der Waals surface area contributed by atoms with Gasteiger partial charge in [0.05, 0.1) is 5.92 Å². The van der Waals surface area contributed by atoms with Gasteiger partial charge < -0.3 is 10.4 Å². The first kappa shape index (κ1) is 15.0. The quantitative estimate of drug-likeness (QED) is 0.766. The van der Waals surface area contributed by atoms with E-state index in [1.165, 1.54) is 19.3 Å². The molecule has 1 rings (SSSR count). The molecule has 0 aliphatic heterocycles. The maximum atomic E-state index is 11.8. The summed E-state index contributed by atoms with van der Waals surface area (Å²) in [4.78, 5) is 22.7. The van der Waals surface area contributed by atoms with Crippen LogP contribution in [-0.4, -0.2) is 23.5 Å². The lowest BCUT2D eigenvalue weighted by molar-refractivity contribution is -0.143. The van der Waals surface area contributed by atoms with Crippen LogP contribution in [0.2, 0.25) is 0 Å². The molecule has 0 spiro atoms. The van der Waals surface area contributed by atoms with Crippen LogP contribution in [0.3, 0.4) is 0 Å². The van der Waals surface area contributed by atoms with Gasteiger partial charge >= 0.3 is 5.97 Å². The second kappa shape index (κ2) is 7.39. The molecule has 0 bridgehead atoms. The second-order valence-corrected chi connectivity index (χ2v) is 5.70. The SMILES string of the molecule is CC(C)C(CNC(=O)CC1CCCCC1)C(=O)O. The van der Waals surface area contributed by atoms with Crippen LogP contribution in [0, 0.1) is 17.8 Å². The molecule has 1 aliphatic rings. The lowest BCUT2D eigenvalue weighted by Gasteiger charge is -2.22. The molecule has 0 aromatic carbocycles. The smallest absolute Gasteiger partial charge is 0.308 e. The monoisotopic (exact) mass is 255 g/mol. The van der Waals surface area contributed by atoms with Gasteiger partial charge in [-0.1, -0.05) is 33.1 Å². The van der Waals surface area contributed by atoms with E-state index in [-0.39, 0.29) is 18.4 Å². The standard InChI is InChI=1S/C14H25NO3/c1-10(2)12(14(17)18)9-15-13(16)8-11-6-4-3-5-7-11/h10-12H,3-9H2,1-2H3,(H,15,16)(H,17,18). The minimum atomic E-state index is -0.831. The van der Waals surface area contributed by atoms with Crippen LogP contribution in [0.4, 0.5) is 0 Å². The van der Waals surface area contributed by atoms with Crippen molar-refractivity contribution in [2.24, 2.45) is 17.8 Å². The third kappa shape index (κ3) is 5.07. The number of carbonyl (C=O) groups is 2. The van der Waals surface area contributed by atoms with E-state index in [1.54, 1.807) is 0 Å². The molecule has 4 nitrogen and oxygen atoms in total. The molecule has 18 heavy (non-hydrogen) atoms. The Labute approximate surface area is 109 Å². The molecule has 1 unspecified atom stereocenters. The van der Waals surface area contributed by atoms with E-state index in [0.29, 0.717) is 12.3 Å². The number of nitrogens with one attached hydrogen (secondary N) is 1. The maximum absolute atomic E-state index is 11.8. The van der Waals surface area contributed by atoms with Crippen molar-refractivity contribution in [3.63, 3.8) is 0 Å². The predicted octanol–water partition coefficient (Wildman–Crippen LogP) is 2.43. The normalized spacial score (nSPS) is 18.6. The van der Waals surface area contributed by atoms with Gasteiger partial charge in [-0.05, 0) is 24.7 Å². The van der Waals surface area contributed by atoms with Gasteiger partial charge in [0.15, 0.2) is 0 Å². The first-order valence-electron chi connectivity index (χ1n) is 7.00. The zero-order valence-electron chi connectivity index (χ0n) is 11.4. The first-order valence-corrected chi connectivity index (χ1v) is 7.00. The molecule has 1 fully saturated rings. The zero-order valence-corrected chi connectivity index (χ0v) is 11.4. The number of amides is 1. The molecule has 4 heteroatoms. The molecule has 1 aliphatic carbocycles. The highest BCUT2D eigenvalue weighted by atomic mass is 16.4. The Hall–Kier alpha value is -1.06. The average Bonchev–Trinajstić information content (AvgIpc) is 2.29. The maximum Gasteiger partial charge on any atom is 0.308 e. The Bertz CT molecular complexity index is 283. The van der Waals surface area contributed by atoms with Crippen LogP contribution in [-0.2, 0) is 9.59 Å². The van der Waals surface area contributed by atoms with Crippen molar-refractivity contribution >= 4 is 11.9 Å². The van der Waals surface area contributed by atoms with E-state index in [2.05, 4.69) is 5.32 Å². The number of aliphatic carboxylic acids is 1. The molecule has 0 aromatic heterocycles. The fourth-order valence-electron chi connectivity index (χ4n) is 2.56. The van der Waals surface area contributed by atoms with Crippen LogP contribution in [0.25, 0.3) is 0 Å². The lowest BCUT2D eigenvalue weighted by atomic mass is 9.87. The third-order valence-corrected chi connectivity index (χ3v) is 3.84. The molecule has 2 N–H and O–H groups in total. The van der Waals surface area contributed by atoms with Crippen LogP contribution in [0.1, 0.15) is 52.4 Å².